The highest BCUT2D eigenvalue weighted by molar-refractivity contribution is 6.20. The van der Waals surface area contributed by atoms with Gasteiger partial charge in [-0.1, -0.05) is 6.07 Å². The van der Waals surface area contributed by atoms with Crippen LogP contribution in [0.1, 0.15) is 12.5 Å². The molecule has 1 aromatic carbocycles. The molecule has 0 aromatic heterocycles. The minimum Gasteiger partial charge on any atom is -0.267 e. The van der Waals surface area contributed by atoms with Crippen molar-refractivity contribution in [1.82, 2.24) is 0 Å². The zero-order chi connectivity index (χ0) is 10.1. The number of halogens is 1. The Balaban J connectivity index is 2.44. The molecule has 0 radical (unpaired) electrons. The Labute approximate surface area is 86.9 Å². The maximum Gasteiger partial charge on any atom is 0.270 e. The minimum atomic E-state index is -0.170. The highest BCUT2D eigenvalue weighted by Crippen LogP contribution is 2.04. The molecule has 72 valence electrons. The molecule has 1 aliphatic rings. The summed E-state index contributed by atoms with van der Waals surface area (Å²) in [5.41, 5.74) is 1.15. The molecule has 0 aliphatic carbocycles. The number of carbonyl (C=O) groups is 1. The quantitative estimate of drug-likeness (QED) is 0.660. The van der Waals surface area contributed by atoms with Gasteiger partial charge in [-0.15, -0.1) is 11.6 Å². The molecule has 1 heterocycles. The third-order valence-electron chi connectivity index (χ3n) is 2.12. The summed E-state index contributed by atoms with van der Waals surface area (Å²) < 4.78 is 0. The molecule has 0 fully saturated rings. The number of nitrogens with zero attached hydrogens (tertiary/aromatic N) is 1. The lowest BCUT2D eigenvalue weighted by Crippen LogP contribution is -2.21. The van der Waals surface area contributed by atoms with E-state index in [1.807, 2.05) is 25.1 Å². The molecular weight excluding hydrogens is 198 g/mol. The van der Waals surface area contributed by atoms with Gasteiger partial charge in [-0.25, -0.2) is 4.99 Å². The molecule has 1 aliphatic heterocycles. The Morgan fingerprint density at radius 2 is 2.29 bits per heavy atom. The average Bonchev–Trinajstić information content (AvgIpc) is 2.42. The van der Waals surface area contributed by atoms with Gasteiger partial charge in [0.15, 0.2) is 0 Å². The summed E-state index contributed by atoms with van der Waals surface area (Å²) in [6, 6.07) is 5.81. The lowest BCUT2D eigenvalue weighted by molar-refractivity contribution is -0.112. The molecule has 1 amide bonds. The van der Waals surface area contributed by atoms with Crippen molar-refractivity contribution < 1.29 is 4.79 Å². The van der Waals surface area contributed by atoms with Crippen molar-refractivity contribution in [3.8, 4) is 0 Å². The molecule has 2 nitrogen and oxygen atoms in total. The van der Waals surface area contributed by atoms with Crippen LogP contribution in [0, 0.1) is 0 Å². The van der Waals surface area contributed by atoms with Gasteiger partial charge in [0.1, 0.15) is 0 Å². The van der Waals surface area contributed by atoms with Gasteiger partial charge >= 0.3 is 0 Å². The first-order valence-electron chi connectivity index (χ1n) is 4.52. The molecular formula is C11H10ClNO. The van der Waals surface area contributed by atoms with Crippen LogP contribution in [-0.4, -0.2) is 11.3 Å². The van der Waals surface area contributed by atoms with Gasteiger partial charge in [0.2, 0.25) is 0 Å². The van der Waals surface area contributed by atoms with Crippen molar-refractivity contribution in [2.24, 2.45) is 4.99 Å². The van der Waals surface area contributed by atoms with Crippen LogP contribution in [0.3, 0.4) is 0 Å². The summed E-state index contributed by atoms with van der Waals surface area (Å²) in [5, 5.41) is 1.79. The second-order valence-electron chi connectivity index (χ2n) is 3.47. The van der Waals surface area contributed by atoms with Crippen molar-refractivity contribution in [2.75, 3.05) is 0 Å². The fourth-order valence-corrected chi connectivity index (χ4v) is 1.74. The summed E-state index contributed by atoms with van der Waals surface area (Å²) in [4.78, 5) is 14.8. The van der Waals surface area contributed by atoms with Crippen molar-refractivity contribution >= 4 is 23.6 Å². The van der Waals surface area contributed by atoms with Crippen LogP contribution in [0.4, 0.5) is 0 Å². The first-order chi connectivity index (χ1) is 6.65. The maximum atomic E-state index is 11.0. The van der Waals surface area contributed by atoms with Crippen molar-refractivity contribution in [3.05, 3.63) is 34.3 Å². The predicted octanol–water partition coefficient (Wildman–Crippen LogP) is 0.797. The number of rotatable bonds is 2. The van der Waals surface area contributed by atoms with Gasteiger partial charge < -0.3 is 0 Å². The van der Waals surface area contributed by atoms with Crippen LogP contribution < -0.4 is 10.6 Å². The van der Waals surface area contributed by atoms with Crippen LogP contribution in [0.2, 0.25) is 0 Å². The fourth-order valence-electron chi connectivity index (χ4n) is 1.56. The molecule has 0 N–H and O–H groups in total. The standard InChI is InChI=1S/C11H10ClNO/c1-7(12)4-8-2-3-10-9(5-8)6-11(14)13-10/h2-3,5-7H,4H2,1H3. The Hall–Kier alpha value is -1.15. The summed E-state index contributed by atoms with van der Waals surface area (Å²) in [6.07, 6.45) is 2.37. The van der Waals surface area contributed by atoms with E-state index < -0.39 is 0 Å². The first-order valence-corrected chi connectivity index (χ1v) is 4.96. The summed E-state index contributed by atoms with van der Waals surface area (Å²) in [6.45, 7) is 1.95. The van der Waals surface area contributed by atoms with Crippen molar-refractivity contribution in [1.29, 1.82) is 0 Å². The summed E-state index contributed by atoms with van der Waals surface area (Å²) in [7, 11) is 0. The van der Waals surface area contributed by atoms with Gasteiger partial charge in [-0.3, -0.25) is 4.79 Å². The zero-order valence-corrected chi connectivity index (χ0v) is 8.58. The van der Waals surface area contributed by atoms with Gasteiger partial charge in [0, 0.05) is 16.7 Å². The topological polar surface area (TPSA) is 29.4 Å². The largest absolute Gasteiger partial charge is 0.270 e. The molecule has 0 spiro atoms. The Morgan fingerprint density at radius 1 is 1.50 bits per heavy atom. The lowest BCUT2D eigenvalue weighted by Gasteiger charge is -2.01. The molecule has 0 saturated carbocycles. The molecule has 2 rings (SSSR count). The summed E-state index contributed by atoms with van der Waals surface area (Å²) >= 11 is 5.89. The van der Waals surface area contributed by atoms with Gasteiger partial charge in [-0.2, -0.15) is 0 Å². The van der Waals surface area contributed by atoms with E-state index in [9.17, 15) is 4.79 Å². The minimum absolute atomic E-state index is 0.113. The number of carbonyl (C=O) groups excluding carboxylic acids is 1. The van der Waals surface area contributed by atoms with Gasteiger partial charge in [-0.05, 0) is 31.0 Å². The fraction of sp³-hybridized carbons (Fsp3) is 0.273. The Bertz CT molecular complexity index is 490. The number of benzene rings is 1. The van der Waals surface area contributed by atoms with Crippen LogP contribution >= 0.6 is 11.6 Å². The number of hydrogen-bond donors (Lipinski definition) is 0. The lowest BCUT2D eigenvalue weighted by atomic mass is 10.1. The second kappa shape index (κ2) is 3.54. The van der Waals surface area contributed by atoms with Crippen LogP contribution in [0.25, 0.3) is 6.08 Å². The summed E-state index contributed by atoms with van der Waals surface area (Å²) in [5.74, 6) is -0.170. The second-order valence-corrected chi connectivity index (χ2v) is 4.22. The van der Waals surface area contributed by atoms with Crippen molar-refractivity contribution in [3.63, 3.8) is 0 Å². The number of amides is 1. The third-order valence-corrected chi connectivity index (χ3v) is 2.27. The molecule has 1 unspecified atom stereocenters. The van der Waals surface area contributed by atoms with Crippen LogP contribution in [-0.2, 0) is 11.2 Å². The normalized spacial score (nSPS) is 15.7. The van der Waals surface area contributed by atoms with E-state index in [1.54, 1.807) is 6.08 Å². The Kier molecular flexibility index (Phi) is 2.38. The number of fused-ring (bicyclic) bond motifs is 1. The zero-order valence-electron chi connectivity index (χ0n) is 7.83. The molecule has 3 heteroatoms. The van der Waals surface area contributed by atoms with E-state index in [0.29, 0.717) is 0 Å². The van der Waals surface area contributed by atoms with Gasteiger partial charge in [0.05, 0.1) is 5.36 Å². The molecule has 0 saturated heterocycles. The van der Waals surface area contributed by atoms with Gasteiger partial charge in [0.25, 0.3) is 5.91 Å². The average molecular weight is 208 g/mol. The van der Waals surface area contributed by atoms with E-state index in [1.165, 1.54) is 0 Å². The van der Waals surface area contributed by atoms with E-state index in [-0.39, 0.29) is 11.3 Å². The van der Waals surface area contributed by atoms with E-state index >= 15 is 0 Å². The monoisotopic (exact) mass is 207 g/mol. The molecule has 1 atom stereocenters. The number of alkyl halides is 1. The molecule has 14 heavy (non-hydrogen) atoms. The van der Waals surface area contributed by atoms with E-state index in [2.05, 4.69) is 4.99 Å². The van der Waals surface area contributed by atoms with Crippen LogP contribution in [0.5, 0.6) is 0 Å². The molecule has 0 bridgehead atoms. The SMILES string of the molecule is CC(Cl)Cc1ccc2c(c1)=CC(=O)N=2. The van der Waals surface area contributed by atoms with E-state index in [4.69, 9.17) is 11.6 Å². The number of hydrogen-bond acceptors (Lipinski definition) is 1. The smallest absolute Gasteiger partial charge is 0.267 e. The maximum absolute atomic E-state index is 11.0. The highest BCUT2D eigenvalue weighted by Gasteiger charge is 2.05. The van der Waals surface area contributed by atoms with Crippen molar-refractivity contribution in [2.45, 2.75) is 18.7 Å². The molecule has 1 aromatic rings. The highest BCUT2D eigenvalue weighted by atomic mass is 35.5. The predicted molar refractivity (Wildman–Crippen MR) is 55.7 cm³/mol. The third kappa shape index (κ3) is 1.85. The van der Waals surface area contributed by atoms with Crippen LogP contribution in [0.15, 0.2) is 23.2 Å². The van der Waals surface area contributed by atoms with E-state index in [0.717, 1.165) is 22.6 Å². The Morgan fingerprint density at radius 3 is 3.00 bits per heavy atom. The first kappa shape index (κ1) is 9.41.